The summed E-state index contributed by atoms with van der Waals surface area (Å²) in [6.07, 6.45) is -5.20. The highest BCUT2D eigenvalue weighted by Crippen LogP contribution is 2.21. The third-order valence-corrected chi connectivity index (χ3v) is 4.08. The molecule has 1 aromatic rings. The number of hydrogen-bond donors (Lipinski definition) is 2. The molecule has 1 fully saturated rings. The molecular weight excluding hydrogens is 387 g/mol. The first-order valence-electron chi connectivity index (χ1n) is 8.33. The monoisotopic (exact) mass is 409 g/mol. The summed E-state index contributed by atoms with van der Waals surface area (Å²) in [5, 5.41) is 5.79. The van der Waals surface area contributed by atoms with Crippen molar-refractivity contribution >= 4 is 29.9 Å². The lowest BCUT2D eigenvalue weighted by Gasteiger charge is -2.29. The first-order valence-corrected chi connectivity index (χ1v) is 8.33. The molecule has 1 aliphatic rings. The number of hydrogen-bond acceptors (Lipinski definition) is 4. The molecule has 0 unspecified atom stereocenters. The van der Waals surface area contributed by atoms with Crippen LogP contribution < -0.4 is 10.6 Å². The van der Waals surface area contributed by atoms with Gasteiger partial charge in [-0.15, -0.1) is 12.4 Å². The van der Waals surface area contributed by atoms with Gasteiger partial charge in [0.2, 0.25) is 5.91 Å². The van der Waals surface area contributed by atoms with Gasteiger partial charge in [0.05, 0.1) is 12.7 Å². The van der Waals surface area contributed by atoms with Crippen LogP contribution in [-0.4, -0.2) is 54.7 Å². The number of morpholine rings is 1. The zero-order valence-corrected chi connectivity index (χ0v) is 15.8. The molecule has 27 heavy (non-hydrogen) atoms. The van der Waals surface area contributed by atoms with E-state index in [0.717, 1.165) is 0 Å². The second-order valence-corrected chi connectivity index (χ2v) is 6.01. The lowest BCUT2D eigenvalue weighted by Crippen LogP contribution is -2.53. The number of amides is 2. The summed E-state index contributed by atoms with van der Waals surface area (Å²) in [4.78, 5) is 24.5. The number of rotatable bonds is 5. The molecule has 1 saturated heterocycles. The van der Waals surface area contributed by atoms with Gasteiger partial charge in [-0.05, 0) is 31.5 Å². The van der Waals surface area contributed by atoms with Crippen molar-refractivity contribution in [3.8, 4) is 0 Å². The van der Waals surface area contributed by atoms with Gasteiger partial charge in [-0.25, -0.2) is 0 Å². The van der Waals surface area contributed by atoms with Crippen molar-refractivity contribution in [3.63, 3.8) is 0 Å². The van der Waals surface area contributed by atoms with Gasteiger partial charge in [0, 0.05) is 25.3 Å². The van der Waals surface area contributed by atoms with E-state index >= 15 is 0 Å². The molecule has 10 heteroatoms. The van der Waals surface area contributed by atoms with E-state index in [0.29, 0.717) is 29.3 Å². The standard InChI is InChI=1S/C17H22F3N3O3.ClH/c1-3-23(16(25)17(18,19)20)10-12-5-4-6-13(9-12)22-15(24)14-11(2)26-8-7-21-14;/h4-6,9,11,14,21H,3,7-8,10H2,1-2H3,(H,22,24);1H/t11-,14+;/m1./s1. The molecule has 2 rings (SSSR count). The Bertz CT molecular complexity index is 658. The minimum absolute atomic E-state index is 0. The molecule has 1 heterocycles. The molecule has 0 radical (unpaired) electrons. The summed E-state index contributed by atoms with van der Waals surface area (Å²) in [6.45, 7) is 4.09. The lowest BCUT2D eigenvalue weighted by atomic mass is 10.1. The molecule has 6 nitrogen and oxygen atoms in total. The van der Waals surface area contributed by atoms with Crippen molar-refractivity contribution < 1.29 is 27.5 Å². The molecular formula is C17H23ClF3N3O3. The highest BCUT2D eigenvalue weighted by atomic mass is 35.5. The maximum absolute atomic E-state index is 12.6. The molecule has 2 N–H and O–H groups in total. The first kappa shape index (κ1) is 23.2. The van der Waals surface area contributed by atoms with Crippen LogP contribution in [0.1, 0.15) is 19.4 Å². The highest BCUT2D eigenvalue weighted by Gasteiger charge is 2.41. The van der Waals surface area contributed by atoms with E-state index in [1.54, 1.807) is 31.2 Å². The Morgan fingerprint density at radius 3 is 2.67 bits per heavy atom. The van der Waals surface area contributed by atoms with Gasteiger partial charge in [0.1, 0.15) is 6.04 Å². The Morgan fingerprint density at radius 1 is 1.37 bits per heavy atom. The fourth-order valence-electron chi connectivity index (χ4n) is 2.72. The van der Waals surface area contributed by atoms with E-state index in [9.17, 15) is 22.8 Å². The molecule has 1 aromatic carbocycles. The number of carbonyl (C=O) groups is 2. The van der Waals surface area contributed by atoms with Crippen molar-refractivity contribution in [1.82, 2.24) is 10.2 Å². The van der Waals surface area contributed by atoms with Crippen LogP contribution in [0.4, 0.5) is 18.9 Å². The molecule has 0 saturated carbocycles. The van der Waals surface area contributed by atoms with E-state index in [4.69, 9.17) is 4.74 Å². The van der Waals surface area contributed by atoms with Gasteiger partial charge in [0.25, 0.3) is 0 Å². The predicted octanol–water partition coefficient (Wildman–Crippen LogP) is 2.33. The summed E-state index contributed by atoms with van der Waals surface area (Å²) < 4.78 is 43.3. The van der Waals surface area contributed by atoms with E-state index in [2.05, 4.69) is 10.6 Å². The average molecular weight is 410 g/mol. The number of nitrogens with one attached hydrogen (secondary N) is 2. The van der Waals surface area contributed by atoms with Gasteiger partial charge in [-0.3, -0.25) is 9.59 Å². The minimum atomic E-state index is -4.91. The number of alkyl halides is 3. The summed E-state index contributed by atoms with van der Waals surface area (Å²) in [7, 11) is 0. The van der Waals surface area contributed by atoms with Gasteiger partial charge in [0.15, 0.2) is 0 Å². The fraction of sp³-hybridized carbons (Fsp3) is 0.529. The molecule has 1 aliphatic heterocycles. The van der Waals surface area contributed by atoms with Crippen molar-refractivity contribution in [1.29, 1.82) is 0 Å². The maximum atomic E-state index is 12.6. The summed E-state index contributed by atoms with van der Waals surface area (Å²) in [5.74, 6) is -2.17. The van der Waals surface area contributed by atoms with Crippen molar-refractivity contribution in [2.24, 2.45) is 0 Å². The number of carbonyl (C=O) groups excluding carboxylic acids is 2. The number of ether oxygens (including phenoxy) is 1. The quantitative estimate of drug-likeness (QED) is 0.783. The van der Waals surface area contributed by atoms with Crippen molar-refractivity contribution in [3.05, 3.63) is 29.8 Å². The highest BCUT2D eigenvalue weighted by molar-refractivity contribution is 5.95. The average Bonchev–Trinajstić information content (AvgIpc) is 2.59. The Kier molecular flexibility index (Phi) is 8.52. The second kappa shape index (κ2) is 9.91. The van der Waals surface area contributed by atoms with Crippen LogP contribution in [0, 0.1) is 0 Å². The van der Waals surface area contributed by atoms with Gasteiger partial charge < -0.3 is 20.3 Å². The largest absolute Gasteiger partial charge is 0.471 e. The number of halogens is 4. The molecule has 152 valence electrons. The van der Waals surface area contributed by atoms with Crippen LogP contribution in [0.15, 0.2) is 24.3 Å². The van der Waals surface area contributed by atoms with Gasteiger partial charge >= 0.3 is 12.1 Å². The van der Waals surface area contributed by atoms with Crippen LogP contribution in [0.5, 0.6) is 0 Å². The molecule has 2 amide bonds. The Morgan fingerprint density at radius 2 is 2.07 bits per heavy atom. The maximum Gasteiger partial charge on any atom is 0.471 e. The molecule has 0 aliphatic carbocycles. The minimum Gasteiger partial charge on any atom is -0.375 e. The number of benzene rings is 1. The van der Waals surface area contributed by atoms with Gasteiger partial charge in [-0.2, -0.15) is 13.2 Å². The van der Waals surface area contributed by atoms with Gasteiger partial charge in [-0.1, -0.05) is 12.1 Å². The Labute approximate surface area is 161 Å². The van der Waals surface area contributed by atoms with E-state index < -0.39 is 18.1 Å². The molecule has 0 bridgehead atoms. The first-order chi connectivity index (χ1) is 12.2. The normalized spacial score (nSPS) is 19.7. The third-order valence-electron chi connectivity index (χ3n) is 4.08. The molecule has 0 spiro atoms. The van der Waals surface area contributed by atoms with E-state index in [1.165, 1.54) is 6.92 Å². The van der Waals surface area contributed by atoms with Crippen LogP contribution in [0.2, 0.25) is 0 Å². The van der Waals surface area contributed by atoms with Crippen LogP contribution in [-0.2, 0) is 20.9 Å². The van der Waals surface area contributed by atoms with Crippen LogP contribution in [0.3, 0.4) is 0 Å². The molecule has 0 aromatic heterocycles. The Hall–Kier alpha value is -1.84. The summed E-state index contributed by atoms with van der Waals surface area (Å²) >= 11 is 0. The Balaban J connectivity index is 0.00000364. The smallest absolute Gasteiger partial charge is 0.375 e. The zero-order chi connectivity index (χ0) is 19.3. The van der Waals surface area contributed by atoms with Crippen LogP contribution >= 0.6 is 12.4 Å². The van der Waals surface area contributed by atoms with E-state index in [1.807, 2.05) is 0 Å². The van der Waals surface area contributed by atoms with E-state index in [-0.39, 0.29) is 37.5 Å². The number of nitrogens with zero attached hydrogens (tertiary/aromatic N) is 1. The third kappa shape index (κ3) is 6.37. The predicted molar refractivity (Wildman–Crippen MR) is 96.7 cm³/mol. The number of anilines is 1. The zero-order valence-electron chi connectivity index (χ0n) is 15.0. The summed E-state index contributed by atoms with van der Waals surface area (Å²) in [6, 6.07) is 5.90. The fourth-order valence-corrected chi connectivity index (χ4v) is 2.72. The van der Waals surface area contributed by atoms with Crippen molar-refractivity contribution in [2.75, 3.05) is 25.0 Å². The van der Waals surface area contributed by atoms with Crippen LogP contribution in [0.25, 0.3) is 0 Å². The lowest BCUT2D eigenvalue weighted by molar-refractivity contribution is -0.185. The second-order valence-electron chi connectivity index (χ2n) is 6.01. The summed E-state index contributed by atoms with van der Waals surface area (Å²) in [5.41, 5.74) is 0.936. The molecule has 2 atom stereocenters. The van der Waals surface area contributed by atoms with Crippen molar-refractivity contribution in [2.45, 2.75) is 38.7 Å². The SMILES string of the molecule is CCN(Cc1cccc(NC(=O)[C@H]2NCCO[C@@H]2C)c1)C(=O)C(F)(F)F.Cl. The topological polar surface area (TPSA) is 70.7 Å².